The average Bonchev–Trinajstić information content (AvgIpc) is 3.83. The Bertz CT molecular complexity index is 2140. The van der Waals surface area contributed by atoms with Crippen LogP contribution in [0.4, 0.5) is 14.9 Å². The van der Waals surface area contributed by atoms with Gasteiger partial charge in [-0.1, -0.05) is 12.1 Å². The molecule has 2 fully saturated rings. The highest BCUT2D eigenvalue weighted by atomic mass is 31.2. The average molecular weight is 736 g/mol. The Kier molecular flexibility index (Phi) is 9.64. The second kappa shape index (κ2) is 13.6. The Morgan fingerprint density at radius 1 is 1.12 bits per heavy atom. The summed E-state index contributed by atoms with van der Waals surface area (Å²) in [5.41, 5.74) is -0.663. The predicted molar refractivity (Wildman–Crippen MR) is 177 cm³/mol. The largest absolute Gasteiger partial charge is 0.519 e. The minimum atomic E-state index is -4.05. The zero-order valence-electron chi connectivity index (χ0n) is 26.6. The number of aromatic nitrogens is 1. The molecular weight excluding hydrogens is 703 g/mol. The second-order valence-corrected chi connectivity index (χ2v) is 15.8. The van der Waals surface area contributed by atoms with Crippen LogP contribution in [0.25, 0.3) is 22.2 Å². The van der Waals surface area contributed by atoms with E-state index in [0.29, 0.717) is 0 Å². The topological polar surface area (TPSA) is 222 Å². The Labute approximate surface area is 283 Å². The number of nitrogens with zero attached hydrogens (tertiary/aromatic N) is 3. The number of aromatic carboxylic acids is 1. The first-order valence-corrected chi connectivity index (χ1v) is 18.6. The van der Waals surface area contributed by atoms with Crippen molar-refractivity contribution in [3.63, 3.8) is 0 Å². The molecule has 2 aliphatic rings. The number of amides is 1. The zero-order chi connectivity index (χ0) is 36.1. The third-order valence-corrected chi connectivity index (χ3v) is 12.2. The number of halogens is 1. The fraction of sp³-hybridized carbons (Fsp3) is 0.355. The first-order valence-electron chi connectivity index (χ1n) is 15.3. The zero-order valence-corrected chi connectivity index (χ0v) is 28.4. The van der Waals surface area contributed by atoms with Crippen LogP contribution in [0, 0.1) is 5.82 Å². The van der Waals surface area contributed by atoms with Crippen LogP contribution < -0.4 is 26.2 Å². The third-order valence-electron chi connectivity index (χ3n) is 8.57. The predicted octanol–water partition coefficient (Wildman–Crippen LogP) is 3.39. The Hall–Kier alpha value is -4.53. The third kappa shape index (κ3) is 6.79. The fourth-order valence-corrected chi connectivity index (χ4v) is 8.73. The van der Waals surface area contributed by atoms with Crippen LogP contribution in [0.15, 0.2) is 55.0 Å². The normalized spacial score (nSPS) is 17.6. The number of rotatable bonds is 10. The van der Waals surface area contributed by atoms with Crippen molar-refractivity contribution in [3.8, 4) is 17.1 Å². The number of methoxy groups -OCH3 is 1. The summed E-state index contributed by atoms with van der Waals surface area (Å²) >= 11 is 0. The maximum absolute atomic E-state index is 15.8. The van der Waals surface area contributed by atoms with Gasteiger partial charge >= 0.3 is 17.9 Å². The lowest BCUT2D eigenvalue weighted by molar-refractivity contribution is 0.0693. The number of carbonyl (C=O) groups is 2. The number of pyridine rings is 1. The number of hydrogen-bond donors (Lipinski definition) is 4. The number of carboxylic acid groups (broad SMARTS) is 1. The van der Waals surface area contributed by atoms with Crippen molar-refractivity contribution in [3.05, 3.63) is 74.5 Å². The second-order valence-electron chi connectivity index (χ2n) is 12.0. The monoisotopic (exact) mass is 735 g/mol. The molecule has 16 nitrogen and oxygen atoms in total. The lowest BCUT2D eigenvalue weighted by atomic mass is 10.1. The van der Waals surface area contributed by atoms with E-state index in [-0.39, 0.29) is 70.4 Å². The number of carbonyl (C=O) groups excluding carboxylic acids is 1. The molecule has 19 heteroatoms. The summed E-state index contributed by atoms with van der Waals surface area (Å²) < 4.78 is 51.2. The number of piperazine rings is 1. The van der Waals surface area contributed by atoms with E-state index in [4.69, 9.17) is 28.1 Å². The molecule has 0 bridgehead atoms. The number of ether oxygens (including phenoxy) is 2. The van der Waals surface area contributed by atoms with Gasteiger partial charge in [-0.2, -0.15) is 0 Å². The summed E-state index contributed by atoms with van der Waals surface area (Å²) in [7, 11) is -5.32. The van der Waals surface area contributed by atoms with Crippen LogP contribution in [-0.2, 0) is 15.9 Å². The van der Waals surface area contributed by atoms with Gasteiger partial charge in [0, 0.05) is 48.8 Å². The van der Waals surface area contributed by atoms with E-state index in [0.717, 1.165) is 18.9 Å². The summed E-state index contributed by atoms with van der Waals surface area (Å²) in [6.45, 7) is 1.58. The highest BCUT2D eigenvalue weighted by Crippen LogP contribution is 2.49. The summed E-state index contributed by atoms with van der Waals surface area (Å²) in [4.78, 5) is 81.5. The number of benzene rings is 2. The van der Waals surface area contributed by atoms with Crippen molar-refractivity contribution < 1.29 is 56.6 Å². The van der Waals surface area contributed by atoms with Crippen molar-refractivity contribution in [2.45, 2.75) is 38.5 Å². The minimum Gasteiger partial charge on any atom is -0.492 e. The molecular formula is C31H32FN3O13P2. The van der Waals surface area contributed by atoms with Gasteiger partial charge < -0.3 is 52.5 Å². The summed E-state index contributed by atoms with van der Waals surface area (Å²) in [5, 5.41) is 9.43. The van der Waals surface area contributed by atoms with Crippen LogP contribution >= 0.6 is 15.7 Å². The fourth-order valence-electron chi connectivity index (χ4n) is 6.09. The van der Waals surface area contributed by atoms with Crippen molar-refractivity contribution in [2.24, 2.45) is 0 Å². The molecule has 2 aromatic heterocycles. The van der Waals surface area contributed by atoms with Gasteiger partial charge in [0.15, 0.2) is 38.1 Å². The van der Waals surface area contributed by atoms with Crippen LogP contribution in [0.1, 0.15) is 41.9 Å². The van der Waals surface area contributed by atoms with Crippen molar-refractivity contribution >= 4 is 49.7 Å². The Morgan fingerprint density at radius 3 is 2.42 bits per heavy atom. The first-order chi connectivity index (χ1) is 23.7. The van der Waals surface area contributed by atoms with Crippen molar-refractivity contribution in [2.75, 3.05) is 37.5 Å². The van der Waals surface area contributed by atoms with Crippen molar-refractivity contribution in [1.29, 1.82) is 0 Å². The molecule has 1 saturated carbocycles. The highest BCUT2D eigenvalue weighted by Gasteiger charge is 2.35. The molecule has 1 aliphatic carbocycles. The first kappa shape index (κ1) is 35.3. The van der Waals surface area contributed by atoms with Crippen LogP contribution in [0.5, 0.6) is 5.75 Å². The summed E-state index contributed by atoms with van der Waals surface area (Å²) in [6.07, 6.45) is 2.02. The lowest BCUT2D eigenvalue weighted by Crippen LogP contribution is -2.54. The molecule has 2 unspecified atom stereocenters. The van der Waals surface area contributed by atoms with Crippen LogP contribution in [-0.4, -0.2) is 80.0 Å². The molecule has 6 rings (SSSR count). The van der Waals surface area contributed by atoms with Crippen molar-refractivity contribution in [1.82, 2.24) is 9.47 Å². The smallest absolute Gasteiger partial charge is 0.492 e. The van der Waals surface area contributed by atoms with Gasteiger partial charge in [-0.05, 0) is 38.0 Å². The van der Waals surface area contributed by atoms with Gasteiger partial charge in [-0.15, -0.1) is 0 Å². The SMILES string of the molecule is COc1c(N2CCN(C(=O)OCc3oc(=O)oc3-c3ccc(P(=O)(O)CP(O)O)cc3)C(C)C2)c(F)cc2c(=O)c(C(=O)O)cn(C3CC3)c12. The van der Waals surface area contributed by atoms with Gasteiger partial charge in [0.25, 0.3) is 0 Å². The highest BCUT2D eigenvalue weighted by molar-refractivity contribution is 7.75. The molecule has 266 valence electrons. The van der Waals surface area contributed by atoms with Crippen LogP contribution in [0.3, 0.4) is 0 Å². The molecule has 3 heterocycles. The molecule has 4 N–H and O–H groups in total. The van der Waals surface area contributed by atoms with Crippen LogP contribution in [0.2, 0.25) is 0 Å². The van der Waals surface area contributed by atoms with E-state index in [1.165, 1.54) is 42.5 Å². The van der Waals surface area contributed by atoms with E-state index in [2.05, 4.69) is 0 Å². The molecule has 1 amide bonds. The maximum atomic E-state index is 15.8. The summed E-state index contributed by atoms with van der Waals surface area (Å²) in [6, 6.07) is 5.71. The molecule has 2 aromatic carbocycles. The quantitative estimate of drug-likeness (QED) is 0.172. The Morgan fingerprint density at radius 2 is 1.82 bits per heavy atom. The number of hydrogen-bond acceptors (Lipinski definition) is 12. The molecule has 1 aliphatic heterocycles. The number of carboxylic acids is 1. The van der Waals surface area contributed by atoms with E-state index < -0.39 is 69.0 Å². The summed E-state index contributed by atoms with van der Waals surface area (Å²) in [5.74, 6) is -4.11. The maximum Gasteiger partial charge on any atom is 0.519 e. The molecule has 0 radical (unpaired) electrons. The van der Waals surface area contributed by atoms with E-state index in [1.54, 1.807) is 16.4 Å². The molecule has 4 aromatic rings. The van der Waals surface area contributed by atoms with E-state index in [9.17, 15) is 33.7 Å². The van der Waals surface area contributed by atoms with E-state index >= 15 is 4.39 Å². The Balaban J connectivity index is 1.18. The molecule has 0 spiro atoms. The molecule has 1 saturated heterocycles. The minimum absolute atomic E-state index is 0.0467. The van der Waals surface area contributed by atoms with Gasteiger partial charge in [0.05, 0.1) is 23.9 Å². The van der Waals surface area contributed by atoms with Gasteiger partial charge in [-0.3, -0.25) is 9.36 Å². The standard InChI is InChI=1S/C31H32FN3O13P2/c1-16-12-33(25-22(32)11-20-24(28(25)45-2)35(18-5-6-18)13-21(26(20)36)29(37)38)9-10-34(16)30(39)46-14-23-27(48-31(40)47-23)17-3-7-19(8-4-17)50(43,44)15-49(41)42/h3-4,7-8,11,13,16,18,41-42H,5-6,9-10,12,14-15H2,1-2H3,(H,37,38)(H,43,44). The number of anilines is 1. The van der Waals surface area contributed by atoms with Gasteiger partial charge in [0.1, 0.15) is 11.3 Å². The lowest BCUT2D eigenvalue weighted by Gasteiger charge is -2.40. The van der Waals surface area contributed by atoms with Gasteiger partial charge in [0.2, 0.25) is 12.8 Å². The number of fused-ring (bicyclic) bond motifs is 1. The molecule has 50 heavy (non-hydrogen) atoms. The molecule has 2 atom stereocenters. The van der Waals surface area contributed by atoms with E-state index in [1.807, 2.05) is 0 Å². The van der Waals surface area contributed by atoms with Gasteiger partial charge in [-0.25, -0.2) is 18.8 Å².